The van der Waals surface area contributed by atoms with Crippen molar-refractivity contribution in [2.75, 3.05) is 18.4 Å². The van der Waals surface area contributed by atoms with E-state index in [1.165, 1.54) is 25.5 Å². The predicted octanol–water partition coefficient (Wildman–Crippen LogP) is 2.61. The lowest BCUT2D eigenvalue weighted by Gasteiger charge is -2.41. The Labute approximate surface area is 120 Å². The molecule has 1 aromatic heterocycles. The van der Waals surface area contributed by atoms with Crippen LogP contribution in [-0.4, -0.2) is 29.0 Å². The molecule has 5 nitrogen and oxygen atoms in total. The summed E-state index contributed by atoms with van der Waals surface area (Å²) < 4.78 is 0. The van der Waals surface area contributed by atoms with Gasteiger partial charge in [0.2, 0.25) is 0 Å². The third kappa shape index (κ3) is 3.46. The van der Waals surface area contributed by atoms with Gasteiger partial charge < -0.3 is 10.6 Å². The lowest BCUT2D eigenvalue weighted by molar-refractivity contribution is 0.0845. The van der Waals surface area contributed by atoms with Crippen LogP contribution in [0, 0.1) is 5.41 Å². The molecule has 1 fully saturated rings. The number of amides is 1. The molecule has 1 aliphatic rings. The Morgan fingerprint density at radius 3 is 2.60 bits per heavy atom. The highest BCUT2D eigenvalue weighted by Gasteiger charge is 2.35. The Hall–Kier alpha value is -1.65. The molecule has 0 atom stereocenters. The third-order valence-corrected chi connectivity index (χ3v) is 4.23. The fraction of sp³-hybridized carbons (Fsp3) is 0.667. The maximum Gasteiger partial charge on any atom is 0.271 e. The SMILES string of the molecule is CCCNc1cnc(C(=O)NCC2(CC)CCC2)cn1. The minimum Gasteiger partial charge on any atom is -0.369 e. The van der Waals surface area contributed by atoms with E-state index in [2.05, 4.69) is 34.4 Å². The molecule has 1 saturated carbocycles. The number of hydrogen-bond donors (Lipinski definition) is 2. The molecule has 0 saturated heterocycles. The lowest BCUT2D eigenvalue weighted by atomic mass is 9.67. The summed E-state index contributed by atoms with van der Waals surface area (Å²) in [4.78, 5) is 20.4. The normalized spacial score (nSPS) is 16.3. The first-order valence-corrected chi connectivity index (χ1v) is 7.53. The van der Waals surface area contributed by atoms with Crippen LogP contribution in [0.25, 0.3) is 0 Å². The standard InChI is InChI=1S/C15H24N4O/c1-3-8-16-13-10-17-12(9-18-13)14(20)19-11-15(4-2)6-5-7-15/h9-10H,3-8,11H2,1-2H3,(H,16,18)(H,19,20). The first kappa shape index (κ1) is 14.8. The number of anilines is 1. The number of carbonyl (C=O) groups is 1. The Bertz CT molecular complexity index is 434. The molecule has 20 heavy (non-hydrogen) atoms. The number of hydrogen-bond acceptors (Lipinski definition) is 4. The van der Waals surface area contributed by atoms with Crippen LogP contribution in [-0.2, 0) is 0 Å². The molecule has 1 heterocycles. The molecule has 2 N–H and O–H groups in total. The molecule has 0 unspecified atom stereocenters. The van der Waals surface area contributed by atoms with Gasteiger partial charge in [0.25, 0.3) is 5.91 Å². The van der Waals surface area contributed by atoms with E-state index in [1.54, 1.807) is 6.20 Å². The van der Waals surface area contributed by atoms with Gasteiger partial charge in [-0.2, -0.15) is 0 Å². The number of rotatable bonds is 7. The van der Waals surface area contributed by atoms with Crippen molar-refractivity contribution in [3.05, 3.63) is 18.1 Å². The smallest absolute Gasteiger partial charge is 0.271 e. The quantitative estimate of drug-likeness (QED) is 0.803. The van der Waals surface area contributed by atoms with Crippen molar-refractivity contribution in [2.24, 2.45) is 5.41 Å². The van der Waals surface area contributed by atoms with Gasteiger partial charge >= 0.3 is 0 Å². The second-order valence-corrected chi connectivity index (χ2v) is 5.60. The van der Waals surface area contributed by atoms with Crippen LogP contribution in [0.15, 0.2) is 12.4 Å². The van der Waals surface area contributed by atoms with Crippen molar-refractivity contribution >= 4 is 11.7 Å². The van der Waals surface area contributed by atoms with Gasteiger partial charge in [-0.15, -0.1) is 0 Å². The summed E-state index contributed by atoms with van der Waals surface area (Å²) in [6.07, 6.45) is 9.02. The second kappa shape index (κ2) is 6.68. The van der Waals surface area contributed by atoms with Gasteiger partial charge in [-0.25, -0.2) is 9.97 Å². The van der Waals surface area contributed by atoms with Crippen molar-refractivity contribution in [3.63, 3.8) is 0 Å². The minimum atomic E-state index is -0.126. The molecular formula is C15H24N4O. The monoisotopic (exact) mass is 276 g/mol. The third-order valence-electron chi connectivity index (χ3n) is 4.23. The van der Waals surface area contributed by atoms with E-state index in [0.717, 1.165) is 25.9 Å². The zero-order chi connectivity index (χ0) is 14.4. The van der Waals surface area contributed by atoms with Crippen LogP contribution in [0.5, 0.6) is 0 Å². The van der Waals surface area contributed by atoms with E-state index >= 15 is 0 Å². The lowest BCUT2D eigenvalue weighted by Crippen LogP contribution is -2.41. The first-order chi connectivity index (χ1) is 9.69. The van der Waals surface area contributed by atoms with Crippen LogP contribution in [0.4, 0.5) is 5.82 Å². The van der Waals surface area contributed by atoms with Crippen LogP contribution in [0.1, 0.15) is 56.4 Å². The van der Waals surface area contributed by atoms with Crippen molar-refractivity contribution < 1.29 is 4.79 Å². The summed E-state index contributed by atoms with van der Waals surface area (Å²) in [5.41, 5.74) is 0.712. The molecular weight excluding hydrogens is 252 g/mol. The van der Waals surface area contributed by atoms with Crippen molar-refractivity contribution in [3.8, 4) is 0 Å². The molecule has 1 aromatic rings. The van der Waals surface area contributed by atoms with Gasteiger partial charge in [0, 0.05) is 13.1 Å². The molecule has 1 amide bonds. The Morgan fingerprint density at radius 1 is 1.30 bits per heavy atom. The maximum absolute atomic E-state index is 12.0. The zero-order valence-electron chi connectivity index (χ0n) is 12.4. The van der Waals surface area contributed by atoms with Gasteiger partial charge in [-0.3, -0.25) is 4.79 Å². The molecule has 1 aliphatic carbocycles. The van der Waals surface area contributed by atoms with E-state index in [0.29, 0.717) is 16.9 Å². The summed E-state index contributed by atoms with van der Waals surface area (Å²) in [5, 5.41) is 6.13. The zero-order valence-corrected chi connectivity index (χ0v) is 12.4. The average Bonchev–Trinajstić information content (AvgIpc) is 2.45. The summed E-state index contributed by atoms with van der Waals surface area (Å²) in [7, 11) is 0. The highest BCUT2D eigenvalue weighted by molar-refractivity contribution is 5.92. The van der Waals surface area contributed by atoms with Crippen LogP contribution >= 0.6 is 0 Å². The molecule has 2 rings (SSSR count). The molecule has 5 heteroatoms. The highest BCUT2D eigenvalue weighted by atomic mass is 16.1. The number of nitrogens with zero attached hydrogens (tertiary/aromatic N) is 2. The Kier molecular flexibility index (Phi) is 4.93. The fourth-order valence-corrected chi connectivity index (χ4v) is 2.48. The highest BCUT2D eigenvalue weighted by Crippen LogP contribution is 2.43. The van der Waals surface area contributed by atoms with Crippen LogP contribution in [0.2, 0.25) is 0 Å². The van der Waals surface area contributed by atoms with Crippen LogP contribution < -0.4 is 10.6 Å². The molecule has 0 aromatic carbocycles. The largest absolute Gasteiger partial charge is 0.369 e. The minimum absolute atomic E-state index is 0.126. The maximum atomic E-state index is 12.0. The van der Waals surface area contributed by atoms with E-state index < -0.39 is 0 Å². The Morgan fingerprint density at radius 2 is 2.10 bits per heavy atom. The second-order valence-electron chi connectivity index (χ2n) is 5.60. The van der Waals surface area contributed by atoms with Gasteiger partial charge in [0.1, 0.15) is 11.5 Å². The molecule has 0 spiro atoms. The van der Waals surface area contributed by atoms with E-state index in [9.17, 15) is 4.79 Å². The molecule has 0 bridgehead atoms. The van der Waals surface area contributed by atoms with Crippen molar-refractivity contribution in [1.29, 1.82) is 0 Å². The topological polar surface area (TPSA) is 66.9 Å². The van der Waals surface area contributed by atoms with Gasteiger partial charge in [-0.05, 0) is 31.1 Å². The van der Waals surface area contributed by atoms with Crippen molar-refractivity contribution in [2.45, 2.75) is 46.0 Å². The van der Waals surface area contributed by atoms with E-state index in [1.807, 2.05) is 0 Å². The van der Waals surface area contributed by atoms with E-state index in [-0.39, 0.29) is 5.91 Å². The molecule has 110 valence electrons. The summed E-state index contributed by atoms with van der Waals surface area (Å²) in [6, 6.07) is 0. The summed E-state index contributed by atoms with van der Waals surface area (Å²) >= 11 is 0. The number of carbonyl (C=O) groups excluding carboxylic acids is 1. The first-order valence-electron chi connectivity index (χ1n) is 7.53. The Balaban J connectivity index is 1.85. The predicted molar refractivity (Wildman–Crippen MR) is 79.7 cm³/mol. The summed E-state index contributed by atoms with van der Waals surface area (Å²) in [5.74, 6) is 0.590. The number of aromatic nitrogens is 2. The van der Waals surface area contributed by atoms with Crippen molar-refractivity contribution in [1.82, 2.24) is 15.3 Å². The van der Waals surface area contributed by atoms with Gasteiger partial charge in [0.05, 0.1) is 12.4 Å². The van der Waals surface area contributed by atoms with E-state index in [4.69, 9.17) is 0 Å². The fourth-order valence-electron chi connectivity index (χ4n) is 2.48. The molecule has 0 radical (unpaired) electrons. The van der Waals surface area contributed by atoms with Gasteiger partial charge in [0.15, 0.2) is 0 Å². The summed E-state index contributed by atoms with van der Waals surface area (Å²) in [6.45, 7) is 5.89. The average molecular weight is 276 g/mol. The van der Waals surface area contributed by atoms with Gasteiger partial charge in [-0.1, -0.05) is 20.3 Å². The van der Waals surface area contributed by atoms with Crippen LogP contribution in [0.3, 0.4) is 0 Å². The molecule has 0 aliphatic heterocycles. The number of nitrogens with one attached hydrogen (secondary N) is 2.